The van der Waals surface area contributed by atoms with E-state index in [9.17, 15) is 9.18 Å². The highest BCUT2D eigenvalue weighted by atomic mass is 79.9. The van der Waals surface area contributed by atoms with Crippen LogP contribution in [0, 0.1) is 5.82 Å². The molecular weight excluding hydrogens is 327 g/mol. The number of aromatic nitrogens is 3. The fourth-order valence-electron chi connectivity index (χ4n) is 1.70. The minimum atomic E-state index is -0.473. The Balaban J connectivity index is 2.22. The molecule has 0 bridgehead atoms. The lowest BCUT2D eigenvalue weighted by Gasteiger charge is -2.13. The summed E-state index contributed by atoms with van der Waals surface area (Å²) in [7, 11) is 0. The summed E-state index contributed by atoms with van der Waals surface area (Å²) in [5.74, 6) is -0.532. The quantitative estimate of drug-likeness (QED) is 0.927. The number of carbonyl (C=O) groups is 1. The van der Waals surface area contributed by atoms with E-state index in [-0.39, 0.29) is 17.8 Å². The predicted molar refractivity (Wildman–Crippen MR) is 77.1 cm³/mol. The van der Waals surface area contributed by atoms with Gasteiger partial charge in [-0.05, 0) is 41.4 Å². The number of nitrogens with one attached hydrogen (secondary N) is 1. The average Bonchev–Trinajstić information content (AvgIpc) is 2.90. The molecule has 1 N–H and O–H groups in total. The zero-order chi connectivity index (χ0) is 14.7. The van der Waals surface area contributed by atoms with Gasteiger partial charge in [-0.25, -0.2) is 9.37 Å². The summed E-state index contributed by atoms with van der Waals surface area (Å²) in [6.07, 6.45) is 3.49. The fourth-order valence-corrected chi connectivity index (χ4v) is 2.12. The van der Waals surface area contributed by atoms with E-state index in [1.807, 2.05) is 13.8 Å². The van der Waals surface area contributed by atoms with E-state index in [0.29, 0.717) is 10.2 Å². The predicted octanol–water partition coefficient (Wildman–Crippen LogP) is 3.40. The van der Waals surface area contributed by atoms with Gasteiger partial charge in [0.25, 0.3) is 5.91 Å². The molecule has 0 radical (unpaired) electrons. The van der Waals surface area contributed by atoms with E-state index < -0.39 is 5.82 Å². The van der Waals surface area contributed by atoms with Crippen LogP contribution in [-0.2, 0) is 0 Å². The zero-order valence-corrected chi connectivity index (χ0v) is 12.7. The van der Waals surface area contributed by atoms with Gasteiger partial charge in [-0.15, -0.1) is 0 Å². The average molecular weight is 341 g/mol. The van der Waals surface area contributed by atoms with E-state index in [2.05, 4.69) is 31.3 Å². The molecule has 0 aliphatic rings. The third-order valence-corrected chi connectivity index (χ3v) is 3.56. The van der Waals surface area contributed by atoms with Crippen LogP contribution in [-0.4, -0.2) is 20.7 Å². The third kappa shape index (κ3) is 3.04. The first-order valence-corrected chi connectivity index (χ1v) is 6.98. The van der Waals surface area contributed by atoms with Gasteiger partial charge in [-0.3, -0.25) is 9.48 Å². The van der Waals surface area contributed by atoms with Gasteiger partial charge < -0.3 is 5.32 Å². The van der Waals surface area contributed by atoms with Crippen molar-refractivity contribution >= 4 is 27.7 Å². The Bertz CT molecular complexity index is 629. The number of carbonyl (C=O) groups excluding carboxylic acids is 1. The van der Waals surface area contributed by atoms with Gasteiger partial charge in [0.1, 0.15) is 17.3 Å². The summed E-state index contributed by atoms with van der Waals surface area (Å²) in [6, 6.07) is 3.00. The van der Waals surface area contributed by atoms with Gasteiger partial charge >= 0.3 is 0 Å². The Morgan fingerprint density at radius 3 is 3.00 bits per heavy atom. The van der Waals surface area contributed by atoms with Gasteiger partial charge in [-0.2, -0.15) is 5.10 Å². The van der Waals surface area contributed by atoms with Crippen LogP contribution in [0.25, 0.3) is 0 Å². The standard InChI is InChI=1S/C13H14BrFN4O/c1-3-8(2)19-11(4-5-17-19)13(20)18-12-10(14)6-9(15)7-16-12/h4-8H,3H2,1-2H3,(H,16,18,20). The molecule has 106 valence electrons. The third-order valence-electron chi connectivity index (χ3n) is 2.95. The molecule has 0 fully saturated rings. The molecule has 2 heterocycles. The Labute approximate surface area is 124 Å². The van der Waals surface area contributed by atoms with Crippen molar-refractivity contribution in [1.29, 1.82) is 0 Å². The highest BCUT2D eigenvalue weighted by Gasteiger charge is 2.17. The maximum atomic E-state index is 13.0. The van der Waals surface area contributed by atoms with Crippen LogP contribution in [0.2, 0.25) is 0 Å². The Hall–Kier alpha value is -1.76. The summed E-state index contributed by atoms with van der Waals surface area (Å²) in [6.45, 7) is 4.00. The van der Waals surface area contributed by atoms with E-state index in [0.717, 1.165) is 12.6 Å². The lowest BCUT2D eigenvalue weighted by molar-refractivity contribution is 0.101. The SMILES string of the molecule is CCC(C)n1nccc1C(=O)Nc1ncc(F)cc1Br. The number of pyridine rings is 1. The second kappa shape index (κ2) is 6.13. The second-order valence-corrected chi connectivity index (χ2v) is 5.21. The lowest BCUT2D eigenvalue weighted by Crippen LogP contribution is -2.20. The molecule has 0 spiro atoms. The Morgan fingerprint density at radius 1 is 1.60 bits per heavy atom. The molecule has 1 amide bonds. The molecule has 20 heavy (non-hydrogen) atoms. The van der Waals surface area contributed by atoms with E-state index in [4.69, 9.17) is 0 Å². The van der Waals surface area contributed by atoms with E-state index in [1.54, 1.807) is 16.9 Å². The topological polar surface area (TPSA) is 59.8 Å². The van der Waals surface area contributed by atoms with Crippen LogP contribution >= 0.6 is 15.9 Å². The van der Waals surface area contributed by atoms with Crippen molar-refractivity contribution in [3.05, 3.63) is 40.5 Å². The first-order chi connectivity index (χ1) is 9.52. The van der Waals surface area contributed by atoms with Crippen LogP contribution in [0.15, 0.2) is 29.0 Å². The summed E-state index contributed by atoms with van der Waals surface area (Å²) in [5, 5.41) is 6.78. The molecule has 0 saturated carbocycles. The molecule has 1 atom stereocenters. The minimum Gasteiger partial charge on any atom is -0.304 e. The Morgan fingerprint density at radius 2 is 2.35 bits per heavy atom. The summed E-state index contributed by atoms with van der Waals surface area (Å²) < 4.78 is 15.0. The lowest BCUT2D eigenvalue weighted by atomic mass is 10.2. The number of rotatable bonds is 4. The molecule has 2 rings (SSSR count). The summed E-state index contributed by atoms with van der Waals surface area (Å²) in [5.41, 5.74) is 0.442. The zero-order valence-electron chi connectivity index (χ0n) is 11.1. The van der Waals surface area contributed by atoms with Crippen LogP contribution < -0.4 is 5.32 Å². The highest BCUT2D eigenvalue weighted by Crippen LogP contribution is 2.21. The molecule has 2 aromatic heterocycles. The molecule has 0 aliphatic heterocycles. The molecule has 0 aliphatic carbocycles. The van der Waals surface area contributed by atoms with Crippen molar-refractivity contribution < 1.29 is 9.18 Å². The maximum absolute atomic E-state index is 13.0. The number of amides is 1. The van der Waals surface area contributed by atoms with E-state index >= 15 is 0 Å². The van der Waals surface area contributed by atoms with Crippen LogP contribution in [0.1, 0.15) is 36.8 Å². The monoisotopic (exact) mass is 340 g/mol. The largest absolute Gasteiger partial charge is 0.304 e. The van der Waals surface area contributed by atoms with Crippen molar-refractivity contribution in [1.82, 2.24) is 14.8 Å². The highest BCUT2D eigenvalue weighted by molar-refractivity contribution is 9.10. The van der Waals surface area contributed by atoms with Crippen molar-refractivity contribution in [2.75, 3.05) is 5.32 Å². The van der Waals surface area contributed by atoms with Crippen molar-refractivity contribution in [2.24, 2.45) is 0 Å². The molecule has 7 heteroatoms. The van der Waals surface area contributed by atoms with Gasteiger partial charge in [0, 0.05) is 12.2 Å². The smallest absolute Gasteiger partial charge is 0.275 e. The van der Waals surface area contributed by atoms with Crippen molar-refractivity contribution in [3.8, 4) is 0 Å². The van der Waals surface area contributed by atoms with Crippen LogP contribution in [0.4, 0.5) is 10.2 Å². The van der Waals surface area contributed by atoms with Crippen LogP contribution in [0.5, 0.6) is 0 Å². The molecule has 1 unspecified atom stereocenters. The molecular formula is C13H14BrFN4O. The Kier molecular flexibility index (Phi) is 4.49. The minimum absolute atomic E-state index is 0.121. The number of anilines is 1. The normalized spacial score (nSPS) is 12.2. The maximum Gasteiger partial charge on any atom is 0.275 e. The molecule has 0 saturated heterocycles. The molecule has 2 aromatic rings. The molecule has 5 nitrogen and oxygen atoms in total. The summed E-state index contributed by atoms with van der Waals surface area (Å²) >= 11 is 3.16. The first kappa shape index (κ1) is 14.6. The number of nitrogens with zero attached hydrogens (tertiary/aromatic N) is 3. The summed E-state index contributed by atoms with van der Waals surface area (Å²) in [4.78, 5) is 16.1. The van der Waals surface area contributed by atoms with Gasteiger partial charge in [0.15, 0.2) is 0 Å². The van der Waals surface area contributed by atoms with Crippen LogP contribution in [0.3, 0.4) is 0 Å². The number of hydrogen-bond donors (Lipinski definition) is 1. The number of hydrogen-bond acceptors (Lipinski definition) is 3. The van der Waals surface area contributed by atoms with Crippen molar-refractivity contribution in [2.45, 2.75) is 26.3 Å². The van der Waals surface area contributed by atoms with Crippen molar-refractivity contribution in [3.63, 3.8) is 0 Å². The number of halogens is 2. The van der Waals surface area contributed by atoms with E-state index in [1.165, 1.54) is 6.07 Å². The van der Waals surface area contributed by atoms with Gasteiger partial charge in [0.05, 0.1) is 10.7 Å². The van der Waals surface area contributed by atoms with Gasteiger partial charge in [0.2, 0.25) is 0 Å². The molecule has 0 aromatic carbocycles. The fraction of sp³-hybridized carbons (Fsp3) is 0.308. The van der Waals surface area contributed by atoms with Gasteiger partial charge in [-0.1, -0.05) is 6.92 Å². The second-order valence-electron chi connectivity index (χ2n) is 4.36. The first-order valence-electron chi connectivity index (χ1n) is 6.18.